The molecule has 0 amide bonds. The molecule has 0 aliphatic carbocycles. The number of halogens is 4. The fourth-order valence-electron chi connectivity index (χ4n) is 4.18. The maximum atomic E-state index is 15.1. The Balaban J connectivity index is 1.33. The summed E-state index contributed by atoms with van der Waals surface area (Å²) in [4.78, 5) is 0. The molecule has 3 aromatic rings. The van der Waals surface area contributed by atoms with Crippen molar-refractivity contribution in [3.63, 3.8) is 0 Å². The molecule has 0 bridgehead atoms. The molecule has 1 aliphatic rings. The van der Waals surface area contributed by atoms with Crippen molar-refractivity contribution in [3.8, 4) is 5.75 Å². The van der Waals surface area contributed by atoms with Crippen LogP contribution in [0.25, 0.3) is 10.8 Å². The molecule has 35 heavy (non-hydrogen) atoms. The summed E-state index contributed by atoms with van der Waals surface area (Å²) in [6.45, 7) is 3.62. The zero-order valence-electron chi connectivity index (χ0n) is 19.4. The number of rotatable bonds is 9. The summed E-state index contributed by atoms with van der Waals surface area (Å²) in [6, 6.07) is 15.0. The molecular weight excluding hydrogens is 464 g/mol. The largest absolute Gasteiger partial charge is 0.573 e. The van der Waals surface area contributed by atoms with Gasteiger partial charge >= 0.3 is 6.36 Å². The van der Waals surface area contributed by atoms with Crippen LogP contribution in [0.15, 0.2) is 54.6 Å². The number of fused-ring (bicyclic) bond motifs is 1. The lowest BCUT2D eigenvalue weighted by Gasteiger charge is -2.29. The number of benzene rings is 3. The van der Waals surface area contributed by atoms with E-state index in [1.54, 1.807) is 24.3 Å². The number of hydrogen-bond acceptors (Lipinski definition) is 4. The van der Waals surface area contributed by atoms with Crippen LogP contribution < -0.4 is 4.74 Å². The number of alkyl halides is 3. The third-order valence-electron chi connectivity index (χ3n) is 5.95. The highest BCUT2D eigenvalue weighted by molar-refractivity contribution is 5.84. The van der Waals surface area contributed by atoms with Gasteiger partial charge in [-0.2, -0.15) is 0 Å². The van der Waals surface area contributed by atoms with Crippen molar-refractivity contribution in [2.75, 3.05) is 19.8 Å². The summed E-state index contributed by atoms with van der Waals surface area (Å²) in [5.41, 5.74) is 2.44. The number of ether oxygens (including phenoxy) is 4. The van der Waals surface area contributed by atoms with Gasteiger partial charge < -0.3 is 18.9 Å². The van der Waals surface area contributed by atoms with Crippen molar-refractivity contribution in [1.82, 2.24) is 0 Å². The second-order valence-electron chi connectivity index (χ2n) is 8.50. The molecule has 188 valence electrons. The topological polar surface area (TPSA) is 36.9 Å². The summed E-state index contributed by atoms with van der Waals surface area (Å²) >= 11 is 0. The molecule has 0 saturated carbocycles. The first kappa shape index (κ1) is 25.4. The third kappa shape index (κ3) is 7.16. The van der Waals surface area contributed by atoms with Gasteiger partial charge in [-0.25, -0.2) is 4.39 Å². The molecule has 0 radical (unpaired) electrons. The van der Waals surface area contributed by atoms with Gasteiger partial charge in [0.05, 0.1) is 13.2 Å². The van der Waals surface area contributed by atoms with E-state index in [0.29, 0.717) is 50.0 Å². The van der Waals surface area contributed by atoms with Gasteiger partial charge in [-0.15, -0.1) is 13.2 Å². The van der Waals surface area contributed by atoms with Crippen LogP contribution in [0.2, 0.25) is 0 Å². The molecule has 0 atom stereocenters. The van der Waals surface area contributed by atoms with Gasteiger partial charge in [0.2, 0.25) is 0 Å². The lowest BCUT2D eigenvalue weighted by atomic mass is 9.98. The Kier molecular flexibility index (Phi) is 8.26. The first-order valence-electron chi connectivity index (χ1n) is 11.7. The summed E-state index contributed by atoms with van der Waals surface area (Å²) in [5, 5.41) is 1.36. The molecule has 4 rings (SSSR count). The average molecular weight is 493 g/mol. The fraction of sp³-hybridized carbons (Fsp3) is 0.407. The Bertz CT molecular complexity index is 1110. The lowest BCUT2D eigenvalue weighted by Crippen LogP contribution is -2.37. The van der Waals surface area contributed by atoms with Crippen LogP contribution >= 0.6 is 0 Å². The van der Waals surface area contributed by atoms with Gasteiger partial charge in [0.1, 0.15) is 17.7 Å². The quantitative estimate of drug-likeness (QED) is 0.325. The molecule has 1 saturated heterocycles. The SMILES string of the molecule is CCOC1COC(CCc2ccc3c(F)c(CCc4ccc(OC(F)(F)F)cc4)ccc3c2)OC1. The lowest BCUT2D eigenvalue weighted by molar-refractivity contribution is -0.274. The summed E-state index contributed by atoms with van der Waals surface area (Å²) in [5.74, 6) is -0.544. The van der Waals surface area contributed by atoms with E-state index >= 15 is 4.39 Å². The van der Waals surface area contributed by atoms with Crippen LogP contribution in [-0.2, 0) is 33.5 Å². The maximum absolute atomic E-state index is 15.1. The zero-order chi connectivity index (χ0) is 24.8. The molecule has 4 nitrogen and oxygen atoms in total. The second kappa shape index (κ2) is 11.4. The first-order valence-corrected chi connectivity index (χ1v) is 11.7. The van der Waals surface area contributed by atoms with Crippen LogP contribution in [0.1, 0.15) is 30.0 Å². The molecule has 3 aromatic carbocycles. The molecule has 0 N–H and O–H groups in total. The Morgan fingerprint density at radius 3 is 2.29 bits per heavy atom. The molecule has 0 aromatic heterocycles. The fourth-order valence-corrected chi connectivity index (χ4v) is 4.18. The van der Waals surface area contributed by atoms with E-state index in [4.69, 9.17) is 14.2 Å². The summed E-state index contributed by atoms with van der Waals surface area (Å²) < 4.78 is 72.8. The monoisotopic (exact) mass is 492 g/mol. The Hall–Kier alpha value is -2.68. The molecule has 0 spiro atoms. The minimum absolute atomic E-state index is 0.0168. The van der Waals surface area contributed by atoms with Crippen molar-refractivity contribution in [2.45, 2.75) is 51.4 Å². The highest BCUT2D eigenvalue weighted by Crippen LogP contribution is 2.26. The van der Waals surface area contributed by atoms with Crippen LogP contribution in [0, 0.1) is 5.82 Å². The number of aryl methyl sites for hydroxylation is 3. The smallest absolute Gasteiger partial charge is 0.406 e. The average Bonchev–Trinajstić information content (AvgIpc) is 2.83. The number of hydrogen-bond donors (Lipinski definition) is 0. The highest BCUT2D eigenvalue weighted by Gasteiger charge is 2.31. The normalized spacial score (nSPS) is 18.7. The van der Waals surface area contributed by atoms with Gasteiger partial charge in [0.15, 0.2) is 6.29 Å². The van der Waals surface area contributed by atoms with Crippen LogP contribution in [0.3, 0.4) is 0 Å². The molecule has 1 fully saturated rings. The van der Waals surface area contributed by atoms with Gasteiger partial charge in [-0.1, -0.05) is 42.5 Å². The second-order valence-corrected chi connectivity index (χ2v) is 8.50. The predicted octanol–water partition coefficient (Wildman–Crippen LogP) is 6.37. The minimum Gasteiger partial charge on any atom is -0.406 e. The molecule has 0 unspecified atom stereocenters. The summed E-state index contributed by atoms with van der Waals surface area (Å²) in [6.07, 6.45) is -2.62. The minimum atomic E-state index is -4.72. The molecule has 1 aliphatic heterocycles. The predicted molar refractivity (Wildman–Crippen MR) is 124 cm³/mol. The molecular formula is C27H28F4O4. The standard InChI is InChI=1S/C27H28F4O4/c1-2-32-23-16-33-25(34-17-23)14-7-19-6-13-24-21(15-19)10-9-20(26(24)28)8-3-18-4-11-22(12-5-18)35-27(29,30)31/h4-6,9-13,15,23,25H,2-3,7-8,14,16-17H2,1H3. The summed E-state index contributed by atoms with van der Waals surface area (Å²) in [7, 11) is 0. The van der Waals surface area contributed by atoms with Crippen molar-refractivity contribution < 1.29 is 36.5 Å². The van der Waals surface area contributed by atoms with E-state index in [2.05, 4.69) is 4.74 Å². The van der Waals surface area contributed by atoms with E-state index in [1.165, 1.54) is 12.1 Å². The van der Waals surface area contributed by atoms with Crippen LogP contribution in [-0.4, -0.2) is 38.6 Å². The van der Waals surface area contributed by atoms with E-state index in [9.17, 15) is 13.2 Å². The van der Waals surface area contributed by atoms with Crippen molar-refractivity contribution in [2.24, 2.45) is 0 Å². The Morgan fingerprint density at radius 1 is 0.886 bits per heavy atom. The van der Waals surface area contributed by atoms with Gasteiger partial charge in [0.25, 0.3) is 0 Å². The molecule has 8 heteroatoms. The highest BCUT2D eigenvalue weighted by atomic mass is 19.4. The third-order valence-corrected chi connectivity index (χ3v) is 5.95. The van der Waals surface area contributed by atoms with E-state index in [-0.39, 0.29) is 24.0 Å². The van der Waals surface area contributed by atoms with Crippen molar-refractivity contribution in [1.29, 1.82) is 0 Å². The van der Waals surface area contributed by atoms with Crippen molar-refractivity contribution in [3.05, 3.63) is 77.1 Å². The maximum Gasteiger partial charge on any atom is 0.573 e. The van der Waals surface area contributed by atoms with Crippen LogP contribution in [0.4, 0.5) is 17.6 Å². The Labute approximate surface area is 201 Å². The first-order chi connectivity index (χ1) is 16.8. The van der Waals surface area contributed by atoms with Gasteiger partial charge in [0, 0.05) is 18.4 Å². The van der Waals surface area contributed by atoms with Gasteiger partial charge in [-0.05, 0) is 60.4 Å². The van der Waals surface area contributed by atoms with Gasteiger partial charge in [-0.3, -0.25) is 0 Å². The molecule has 1 heterocycles. The van der Waals surface area contributed by atoms with Crippen LogP contribution in [0.5, 0.6) is 5.75 Å². The van der Waals surface area contributed by atoms with Crippen molar-refractivity contribution >= 4 is 10.8 Å². The van der Waals surface area contributed by atoms with E-state index < -0.39 is 6.36 Å². The Morgan fingerprint density at radius 2 is 1.60 bits per heavy atom. The van der Waals surface area contributed by atoms with E-state index in [1.807, 2.05) is 25.1 Å². The zero-order valence-corrected chi connectivity index (χ0v) is 19.4. The van der Waals surface area contributed by atoms with E-state index in [0.717, 1.165) is 22.9 Å².